The molecule has 0 spiro atoms. The van der Waals surface area contributed by atoms with Crippen molar-refractivity contribution in [3.63, 3.8) is 0 Å². The molecule has 0 N–H and O–H groups in total. The van der Waals surface area contributed by atoms with Crippen molar-refractivity contribution in [2.45, 2.75) is 0 Å². The minimum Gasteiger partial charge on any atom is -0.758 e. The number of hydrogen-bond donors (Lipinski definition) is 0. The van der Waals surface area contributed by atoms with Crippen molar-refractivity contribution < 1.29 is 8.76 Å². The summed E-state index contributed by atoms with van der Waals surface area (Å²) in [5.74, 6) is 0. The summed E-state index contributed by atoms with van der Waals surface area (Å²) in [6.07, 6.45) is 0. The number of hydrazine groups is 1. The van der Waals surface area contributed by atoms with Gasteiger partial charge in [-0.05, 0) is 0 Å². The Morgan fingerprint density at radius 1 is 1.62 bits per heavy atom. The fourth-order valence-electron chi connectivity index (χ4n) is 0.133. The van der Waals surface area contributed by atoms with Gasteiger partial charge in [-0.25, -0.2) is 5.01 Å². The van der Waals surface area contributed by atoms with Gasteiger partial charge in [0.1, 0.15) is 0 Å². The summed E-state index contributed by atoms with van der Waals surface area (Å²) in [6.45, 7) is 0. The van der Waals surface area contributed by atoms with E-state index in [4.69, 9.17) is 11.8 Å². The first-order valence-electron chi connectivity index (χ1n) is 1.78. The Morgan fingerprint density at radius 3 is 2.00 bits per heavy atom. The molecule has 0 aromatic heterocycles. The van der Waals surface area contributed by atoms with Crippen molar-refractivity contribution in [3.8, 4) is 0 Å². The van der Waals surface area contributed by atoms with Gasteiger partial charge in [-0.2, -0.15) is 0 Å². The first-order valence-corrected chi connectivity index (χ1v) is 3.15. The van der Waals surface area contributed by atoms with Gasteiger partial charge in [0.05, 0.1) is 11.3 Å². The summed E-state index contributed by atoms with van der Waals surface area (Å²) in [4.78, 5) is 0. The minimum absolute atomic E-state index is 0.556. The molecule has 1 atom stereocenters. The molecular formula is C2H6ClN2O2S-. The van der Waals surface area contributed by atoms with Crippen LogP contribution in [0.5, 0.6) is 0 Å². The predicted octanol–water partition coefficient (Wildman–Crippen LogP) is -0.287. The summed E-state index contributed by atoms with van der Waals surface area (Å²) in [5.41, 5.74) is 0. The van der Waals surface area contributed by atoms with E-state index in [9.17, 15) is 8.76 Å². The first kappa shape index (κ1) is 8.32. The highest BCUT2D eigenvalue weighted by molar-refractivity contribution is 7.77. The molecule has 50 valence electrons. The molecule has 0 bridgehead atoms. The molecule has 4 nitrogen and oxygen atoms in total. The number of nitrogens with zero attached hydrogens (tertiary/aromatic N) is 2. The second-order valence-electron chi connectivity index (χ2n) is 1.29. The quantitative estimate of drug-likeness (QED) is 0.315. The molecule has 0 heterocycles. The topological polar surface area (TPSA) is 46.6 Å². The maximum atomic E-state index is 9.89. The zero-order valence-electron chi connectivity index (χ0n) is 4.50. The van der Waals surface area contributed by atoms with E-state index in [0.717, 1.165) is 0 Å². The smallest absolute Gasteiger partial charge is 0.0515 e. The predicted molar refractivity (Wildman–Crippen MR) is 30.3 cm³/mol. The van der Waals surface area contributed by atoms with Gasteiger partial charge in [0.15, 0.2) is 0 Å². The van der Waals surface area contributed by atoms with Crippen molar-refractivity contribution in [3.05, 3.63) is 0 Å². The molecule has 0 rings (SSSR count). The second-order valence-corrected chi connectivity index (χ2v) is 2.59. The molecular weight excluding hydrogens is 152 g/mol. The lowest BCUT2D eigenvalue weighted by Crippen LogP contribution is -2.29. The minimum atomic E-state index is -2.37. The van der Waals surface area contributed by atoms with E-state index in [0.29, 0.717) is 3.93 Å². The Bertz CT molecular complexity index is 98.0. The number of halogens is 1. The van der Waals surface area contributed by atoms with E-state index < -0.39 is 11.3 Å². The van der Waals surface area contributed by atoms with E-state index in [-0.39, 0.29) is 0 Å². The van der Waals surface area contributed by atoms with Gasteiger partial charge in [0, 0.05) is 25.9 Å². The van der Waals surface area contributed by atoms with Crippen LogP contribution in [0, 0.1) is 0 Å². The average Bonchev–Trinajstić information content (AvgIpc) is 1.64. The fourth-order valence-corrected chi connectivity index (χ4v) is 0.400. The summed E-state index contributed by atoms with van der Waals surface area (Å²) in [7, 11) is 3.03. The third kappa shape index (κ3) is 2.58. The lowest BCUT2D eigenvalue weighted by molar-refractivity contribution is 0.225. The summed E-state index contributed by atoms with van der Waals surface area (Å²) in [5, 5.41) is 1.23. The van der Waals surface area contributed by atoms with Gasteiger partial charge in [-0.1, -0.05) is 3.93 Å². The van der Waals surface area contributed by atoms with Crippen LogP contribution in [0.3, 0.4) is 0 Å². The van der Waals surface area contributed by atoms with Crippen LogP contribution in [0.2, 0.25) is 0 Å². The van der Waals surface area contributed by atoms with Crippen LogP contribution in [0.25, 0.3) is 0 Å². The molecule has 0 saturated carbocycles. The summed E-state index contributed by atoms with van der Waals surface area (Å²) < 4.78 is 20.3. The van der Waals surface area contributed by atoms with Crippen LogP contribution in [-0.2, 0) is 11.3 Å². The highest BCUT2D eigenvalue weighted by Gasteiger charge is 2.00. The maximum Gasteiger partial charge on any atom is 0.0515 e. The van der Waals surface area contributed by atoms with Crippen LogP contribution in [0.15, 0.2) is 0 Å². The largest absolute Gasteiger partial charge is 0.758 e. The Kier molecular flexibility index (Phi) is 3.50. The molecule has 0 aliphatic heterocycles. The summed E-state index contributed by atoms with van der Waals surface area (Å²) in [6, 6.07) is 0. The maximum absolute atomic E-state index is 9.89. The van der Waals surface area contributed by atoms with Gasteiger partial charge in [-0.3, -0.25) is 4.21 Å². The van der Waals surface area contributed by atoms with E-state index >= 15 is 0 Å². The molecule has 0 aromatic rings. The van der Waals surface area contributed by atoms with Crippen LogP contribution < -0.4 is 0 Å². The average molecular weight is 158 g/mol. The highest BCUT2D eigenvalue weighted by Crippen LogP contribution is 1.97. The molecule has 0 aliphatic carbocycles. The van der Waals surface area contributed by atoms with Crippen LogP contribution in [-0.4, -0.2) is 31.8 Å². The third-order valence-electron chi connectivity index (χ3n) is 0.437. The van der Waals surface area contributed by atoms with Crippen LogP contribution in [0.4, 0.5) is 0 Å². The number of rotatable bonds is 2. The zero-order valence-corrected chi connectivity index (χ0v) is 6.07. The molecule has 6 heteroatoms. The Labute approximate surface area is 55.5 Å². The second kappa shape index (κ2) is 3.37. The van der Waals surface area contributed by atoms with E-state index in [1.807, 2.05) is 0 Å². The van der Waals surface area contributed by atoms with Crippen molar-refractivity contribution in [2.75, 3.05) is 14.1 Å². The van der Waals surface area contributed by atoms with Crippen molar-refractivity contribution in [1.29, 1.82) is 0 Å². The normalized spacial score (nSPS) is 15.2. The molecule has 0 saturated heterocycles. The standard InChI is InChI=1S/C2H7ClN2O2S/c1-4(2)5(3)8(6)7/h1-2H3,(H,6,7)/p-1. The van der Waals surface area contributed by atoms with E-state index in [2.05, 4.69) is 0 Å². The van der Waals surface area contributed by atoms with Crippen molar-refractivity contribution in [1.82, 2.24) is 8.94 Å². The van der Waals surface area contributed by atoms with Crippen LogP contribution in [0.1, 0.15) is 0 Å². The third-order valence-corrected chi connectivity index (χ3v) is 1.65. The SMILES string of the molecule is CN(C)N(Cl)S(=O)[O-]. The van der Waals surface area contributed by atoms with E-state index in [1.54, 1.807) is 0 Å². The van der Waals surface area contributed by atoms with Crippen molar-refractivity contribution in [2.24, 2.45) is 0 Å². The molecule has 0 aromatic carbocycles. The molecule has 0 radical (unpaired) electrons. The Balaban J connectivity index is 3.64. The van der Waals surface area contributed by atoms with Crippen molar-refractivity contribution >= 4 is 23.0 Å². The fraction of sp³-hybridized carbons (Fsp3) is 1.00. The van der Waals surface area contributed by atoms with Crippen LogP contribution >= 0.6 is 11.8 Å². The van der Waals surface area contributed by atoms with Gasteiger partial charge in [0.25, 0.3) is 0 Å². The first-order chi connectivity index (χ1) is 3.55. The van der Waals surface area contributed by atoms with Gasteiger partial charge < -0.3 is 4.55 Å². The van der Waals surface area contributed by atoms with Gasteiger partial charge in [0.2, 0.25) is 0 Å². The zero-order chi connectivity index (χ0) is 6.73. The molecule has 0 aliphatic rings. The lowest BCUT2D eigenvalue weighted by Gasteiger charge is -2.21. The van der Waals surface area contributed by atoms with E-state index in [1.165, 1.54) is 19.1 Å². The molecule has 1 unspecified atom stereocenters. The highest BCUT2D eigenvalue weighted by atomic mass is 35.5. The van der Waals surface area contributed by atoms with Gasteiger partial charge >= 0.3 is 0 Å². The lowest BCUT2D eigenvalue weighted by atomic mass is 11.2. The Morgan fingerprint density at radius 2 is 2.00 bits per heavy atom. The molecule has 8 heavy (non-hydrogen) atoms. The monoisotopic (exact) mass is 157 g/mol. The number of hydrogen-bond acceptors (Lipinski definition) is 3. The molecule has 0 fully saturated rings. The summed E-state index contributed by atoms with van der Waals surface area (Å²) >= 11 is 2.73. The molecule has 0 amide bonds. The Hall–Kier alpha value is 0.320. The van der Waals surface area contributed by atoms with Gasteiger partial charge in [-0.15, -0.1) is 0 Å².